The van der Waals surface area contributed by atoms with E-state index in [-0.39, 0.29) is 11.4 Å². The van der Waals surface area contributed by atoms with Gasteiger partial charge in [0.2, 0.25) is 0 Å². The highest BCUT2D eigenvalue weighted by molar-refractivity contribution is 14.1. The molecule has 0 unspecified atom stereocenters. The third-order valence-electron chi connectivity index (χ3n) is 1.44. The van der Waals surface area contributed by atoms with Gasteiger partial charge in [-0.1, -0.05) is 0 Å². The quantitative estimate of drug-likeness (QED) is 0.333. The summed E-state index contributed by atoms with van der Waals surface area (Å²) in [5.74, 6) is -1.13. The van der Waals surface area contributed by atoms with Crippen molar-refractivity contribution < 1.29 is 9.18 Å². The van der Waals surface area contributed by atoms with Crippen molar-refractivity contribution in [2.75, 3.05) is 5.88 Å². The van der Waals surface area contributed by atoms with Crippen LogP contribution in [-0.4, -0.2) is 11.7 Å². The molecular weight excluding hydrogens is 373 g/mol. The monoisotopic (exact) mass is 376 g/mol. The lowest BCUT2D eigenvalue weighted by Gasteiger charge is -2.04. The number of Topliss-reactive ketones (excluding diaryl/α,β-unsaturated/α-hetero) is 1. The van der Waals surface area contributed by atoms with Gasteiger partial charge in [0, 0.05) is 8.04 Å². The van der Waals surface area contributed by atoms with Gasteiger partial charge in [0.15, 0.2) is 5.78 Å². The van der Waals surface area contributed by atoms with Crippen molar-refractivity contribution in [3.63, 3.8) is 0 Å². The predicted molar refractivity (Wildman–Crippen MR) is 61.9 cm³/mol. The number of halogens is 4. The molecule has 0 heterocycles. The molecule has 0 aliphatic carbocycles. The Balaban J connectivity index is 3.33. The molecule has 5 heteroatoms. The van der Waals surface area contributed by atoms with Crippen LogP contribution in [0.2, 0.25) is 0 Å². The summed E-state index contributed by atoms with van der Waals surface area (Å²) < 4.78 is 14.4. The molecule has 0 saturated heterocycles. The van der Waals surface area contributed by atoms with E-state index in [1.54, 1.807) is 6.07 Å². The maximum atomic E-state index is 13.2. The van der Waals surface area contributed by atoms with Gasteiger partial charge in [-0.25, -0.2) is 4.39 Å². The number of alkyl halides is 1. The number of carbonyl (C=O) groups is 1. The van der Waals surface area contributed by atoms with E-state index < -0.39 is 11.6 Å². The molecule has 0 radical (unpaired) electrons. The van der Waals surface area contributed by atoms with Gasteiger partial charge in [-0.05, 0) is 50.7 Å². The zero-order chi connectivity index (χ0) is 10.0. The van der Waals surface area contributed by atoms with Crippen LogP contribution in [0.15, 0.2) is 16.6 Å². The molecule has 0 spiro atoms. The van der Waals surface area contributed by atoms with Crippen LogP contribution >= 0.6 is 50.1 Å². The summed E-state index contributed by atoms with van der Waals surface area (Å²) in [7, 11) is 0. The van der Waals surface area contributed by atoms with Crippen LogP contribution in [0.5, 0.6) is 0 Å². The Morgan fingerprint density at radius 1 is 1.62 bits per heavy atom. The Morgan fingerprint density at radius 3 is 2.77 bits per heavy atom. The first-order chi connectivity index (χ1) is 6.07. The van der Waals surface area contributed by atoms with Gasteiger partial charge in [-0.3, -0.25) is 4.79 Å². The number of carbonyl (C=O) groups excluding carboxylic acids is 1. The fraction of sp³-hybridized carbons (Fsp3) is 0.125. The first-order valence-electron chi connectivity index (χ1n) is 3.30. The molecule has 0 aliphatic heterocycles. The number of benzene rings is 1. The Kier molecular flexibility index (Phi) is 4.12. The molecule has 0 bridgehead atoms. The second kappa shape index (κ2) is 4.70. The molecule has 0 aromatic heterocycles. The van der Waals surface area contributed by atoms with E-state index in [0.717, 1.165) is 0 Å². The fourth-order valence-electron chi connectivity index (χ4n) is 0.849. The van der Waals surface area contributed by atoms with Gasteiger partial charge >= 0.3 is 0 Å². The first kappa shape index (κ1) is 11.4. The molecular formula is C8H4BrClFIO. The van der Waals surface area contributed by atoms with Crippen molar-refractivity contribution >= 4 is 55.9 Å². The summed E-state index contributed by atoms with van der Waals surface area (Å²) in [5.41, 5.74) is 0.0602. The van der Waals surface area contributed by atoms with E-state index in [2.05, 4.69) is 15.9 Å². The Labute approximate surface area is 102 Å². The van der Waals surface area contributed by atoms with Crippen molar-refractivity contribution in [2.24, 2.45) is 0 Å². The smallest absolute Gasteiger partial charge is 0.181 e. The molecule has 13 heavy (non-hydrogen) atoms. The summed E-state index contributed by atoms with van der Waals surface area (Å²) in [6.07, 6.45) is 0. The molecule has 0 N–H and O–H groups in total. The van der Waals surface area contributed by atoms with Crippen LogP contribution in [0, 0.1) is 9.39 Å². The highest BCUT2D eigenvalue weighted by Crippen LogP contribution is 2.25. The van der Waals surface area contributed by atoms with Crippen molar-refractivity contribution in [1.29, 1.82) is 0 Å². The van der Waals surface area contributed by atoms with E-state index in [9.17, 15) is 9.18 Å². The van der Waals surface area contributed by atoms with Gasteiger partial charge in [0.05, 0.1) is 11.4 Å². The second-order valence-corrected chi connectivity index (χ2v) is 4.48. The number of hydrogen-bond acceptors (Lipinski definition) is 1. The molecule has 0 atom stereocenters. The lowest BCUT2D eigenvalue weighted by Crippen LogP contribution is -2.06. The SMILES string of the molecule is O=C(CCl)c1c(F)ccc(Br)c1I. The zero-order valence-corrected chi connectivity index (χ0v) is 10.8. The molecule has 0 amide bonds. The highest BCUT2D eigenvalue weighted by Gasteiger charge is 2.16. The van der Waals surface area contributed by atoms with Crippen molar-refractivity contribution in [3.8, 4) is 0 Å². The minimum atomic E-state index is -0.529. The lowest BCUT2D eigenvalue weighted by atomic mass is 10.1. The third-order valence-corrected chi connectivity index (χ3v) is 4.21. The van der Waals surface area contributed by atoms with Gasteiger partial charge in [0.25, 0.3) is 0 Å². The zero-order valence-electron chi connectivity index (χ0n) is 6.28. The standard InChI is InChI=1S/C8H4BrClFIO/c9-4-1-2-5(11)7(8(4)12)6(13)3-10/h1-2H,3H2. The number of hydrogen-bond donors (Lipinski definition) is 0. The van der Waals surface area contributed by atoms with E-state index in [1.165, 1.54) is 6.07 Å². The summed E-state index contributed by atoms with van der Waals surface area (Å²) >= 11 is 10.5. The summed E-state index contributed by atoms with van der Waals surface area (Å²) in [5, 5.41) is 0. The molecule has 0 saturated carbocycles. The maximum Gasteiger partial charge on any atom is 0.181 e. The van der Waals surface area contributed by atoms with E-state index in [0.29, 0.717) is 8.04 Å². The molecule has 1 rings (SSSR count). The van der Waals surface area contributed by atoms with E-state index in [1.807, 2.05) is 22.6 Å². The lowest BCUT2D eigenvalue weighted by molar-refractivity contribution is 0.101. The van der Waals surface area contributed by atoms with Gasteiger partial charge in [-0.2, -0.15) is 0 Å². The van der Waals surface area contributed by atoms with Crippen LogP contribution in [-0.2, 0) is 0 Å². The Morgan fingerprint density at radius 2 is 2.23 bits per heavy atom. The van der Waals surface area contributed by atoms with Crippen LogP contribution in [0.3, 0.4) is 0 Å². The topological polar surface area (TPSA) is 17.1 Å². The molecule has 70 valence electrons. The summed E-state index contributed by atoms with van der Waals surface area (Å²) in [6.45, 7) is 0. The Bertz CT molecular complexity index is 356. The van der Waals surface area contributed by atoms with Gasteiger partial charge in [-0.15, -0.1) is 11.6 Å². The Hall–Kier alpha value is 0.320. The number of rotatable bonds is 2. The molecule has 0 fully saturated rings. The fourth-order valence-corrected chi connectivity index (χ4v) is 2.05. The van der Waals surface area contributed by atoms with E-state index in [4.69, 9.17) is 11.6 Å². The average molecular weight is 377 g/mol. The first-order valence-corrected chi connectivity index (χ1v) is 5.71. The minimum absolute atomic E-state index is 0.0602. The molecule has 1 nitrogen and oxygen atoms in total. The van der Waals surface area contributed by atoms with Gasteiger partial charge in [0.1, 0.15) is 5.82 Å². The van der Waals surface area contributed by atoms with Crippen LogP contribution in [0.25, 0.3) is 0 Å². The normalized spacial score (nSPS) is 10.2. The van der Waals surface area contributed by atoms with Gasteiger partial charge < -0.3 is 0 Å². The average Bonchev–Trinajstić information content (AvgIpc) is 2.12. The van der Waals surface area contributed by atoms with Crippen LogP contribution in [0.4, 0.5) is 4.39 Å². The van der Waals surface area contributed by atoms with Crippen LogP contribution < -0.4 is 0 Å². The van der Waals surface area contributed by atoms with E-state index >= 15 is 0 Å². The summed E-state index contributed by atoms with van der Waals surface area (Å²) in [6, 6.07) is 2.80. The second-order valence-electron chi connectivity index (χ2n) is 2.27. The molecule has 1 aromatic carbocycles. The van der Waals surface area contributed by atoms with Crippen molar-refractivity contribution in [3.05, 3.63) is 31.6 Å². The van der Waals surface area contributed by atoms with Crippen LogP contribution in [0.1, 0.15) is 10.4 Å². The summed E-state index contributed by atoms with van der Waals surface area (Å²) in [4.78, 5) is 11.2. The predicted octanol–water partition coefficient (Wildman–Crippen LogP) is 3.61. The third kappa shape index (κ3) is 2.41. The highest BCUT2D eigenvalue weighted by atomic mass is 127. The van der Waals surface area contributed by atoms with Crippen molar-refractivity contribution in [2.45, 2.75) is 0 Å². The van der Waals surface area contributed by atoms with Crippen molar-refractivity contribution in [1.82, 2.24) is 0 Å². The largest absolute Gasteiger partial charge is 0.293 e. The number of ketones is 1. The molecule has 1 aromatic rings. The maximum absolute atomic E-state index is 13.2. The minimum Gasteiger partial charge on any atom is -0.293 e. The molecule has 0 aliphatic rings.